The van der Waals surface area contributed by atoms with Crippen molar-refractivity contribution < 1.29 is 20.1 Å². The summed E-state index contributed by atoms with van der Waals surface area (Å²) in [4.78, 5) is 24.9. The molecule has 9 heteroatoms. The quantitative estimate of drug-likeness (QED) is 0.487. The van der Waals surface area contributed by atoms with E-state index in [1.54, 1.807) is 34.9 Å². The van der Waals surface area contributed by atoms with Crippen molar-refractivity contribution >= 4 is 22.9 Å². The zero-order chi connectivity index (χ0) is 19.0. The highest BCUT2D eigenvalue weighted by molar-refractivity contribution is 6.06. The Kier molecular flexibility index (Phi) is 4.40. The highest BCUT2D eigenvalue weighted by Crippen LogP contribution is 2.32. The Labute approximate surface area is 153 Å². The number of hydrogen-bond acceptors (Lipinski definition) is 7. The van der Waals surface area contributed by atoms with Crippen LogP contribution in [-0.2, 0) is 0 Å². The van der Waals surface area contributed by atoms with E-state index in [1.165, 1.54) is 12.7 Å². The molecule has 4 rings (SSSR count). The first kappa shape index (κ1) is 17.3. The molecule has 0 saturated heterocycles. The Morgan fingerprint density at radius 2 is 1.93 bits per heavy atom. The number of nitrogens with zero attached hydrogens (tertiary/aromatic N) is 4. The molecule has 0 fully saturated rings. The highest BCUT2D eigenvalue weighted by atomic mass is 16.3. The molecule has 1 aliphatic carbocycles. The number of carbonyl (C=O) groups is 1. The van der Waals surface area contributed by atoms with Gasteiger partial charge in [-0.1, -0.05) is 24.3 Å². The van der Waals surface area contributed by atoms with Crippen molar-refractivity contribution in [3.05, 3.63) is 60.2 Å². The van der Waals surface area contributed by atoms with Crippen LogP contribution in [-0.4, -0.2) is 59.6 Å². The Hall–Kier alpha value is -3.14. The van der Waals surface area contributed by atoms with Crippen molar-refractivity contribution in [2.75, 3.05) is 11.9 Å². The van der Waals surface area contributed by atoms with Gasteiger partial charge in [-0.15, -0.1) is 0 Å². The van der Waals surface area contributed by atoms with Crippen LogP contribution in [0.4, 0.5) is 5.82 Å². The summed E-state index contributed by atoms with van der Waals surface area (Å²) in [5.41, 5.74) is 1.56. The van der Waals surface area contributed by atoms with Crippen LogP contribution < -0.4 is 5.32 Å². The summed E-state index contributed by atoms with van der Waals surface area (Å²) >= 11 is 0. The van der Waals surface area contributed by atoms with E-state index in [1.807, 2.05) is 6.07 Å². The first-order valence-electron chi connectivity index (χ1n) is 8.31. The van der Waals surface area contributed by atoms with E-state index in [0.29, 0.717) is 22.3 Å². The maximum absolute atomic E-state index is 12.4. The number of amides is 1. The molecule has 2 heterocycles. The third-order valence-corrected chi connectivity index (χ3v) is 4.57. The van der Waals surface area contributed by atoms with Crippen LogP contribution in [0, 0.1) is 0 Å². The van der Waals surface area contributed by atoms with Crippen molar-refractivity contribution in [2.45, 2.75) is 18.2 Å². The molecular weight excluding hydrogens is 350 g/mol. The monoisotopic (exact) mass is 367 g/mol. The number of carbonyl (C=O) groups excluding carboxylic acids is 1. The van der Waals surface area contributed by atoms with Gasteiger partial charge in [-0.3, -0.25) is 4.79 Å². The molecule has 0 radical (unpaired) electrons. The van der Waals surface area contributed by atoms with E-state index in [0.717, 1.165) is 0 Å². The largest absolute Gasteiger partial charge is 0.392 e. The molecular formula is C18H17N5O4. The summed E-state index contributed by atoms with van der Waals surface area (Å²) in [6, 6.07) is 8.07. The van der Waals surface area contributed by atoms with Crippen LogP contribution in [0.25, 0.3) is 11.2 Å². The molecule has 3 aromatic rings. The lowest BCUT2D eigenvalue weighted by molar-refractivity contribution is 0.0287. The third kappa shape index (κ3) is 2.97. The smallest absolute Gasteiger partial charge is 0.256 e. The van der Waals surface area contributed by atoms with Gasteiger partial charge in [0.05, 0.1) is 19.0 Å². The van der Waals surface area contributed by atoms with Crippen LogP contribution in [0.2, 0.25) is 0 Å². The minimum atomic E-state index is -1.16. The molecule has 2 aromatic heterocycles. The summed E-state index contributed by atoms with van der Waals surface area (Å²) < 4.78 is 1.58. The number of fused-ring (bicyclic) bond motifs is 1. The van der Waals surface area contributed by atoms with Gasteiger partial charge in [0.25, 0.3) is 5.91 Å². The SMILES string of the molecule is O=C(Nc1ncnc2c1ncn2[C@@H]1C=C(CO)[C@@H](O)[C@H]1O)c1ccccc1. The van der Waals surface area contributed by atoms with Crippen LogP contribution in [0.1, 0.15) is 16.4 Å². The predicted molar refractivity (Wildman–Crippen MR) is 95.9 cm³/mol. The third-order valence-electron chi connectivity index (χ3n) is 4.57. The number of rotatable bonds is 4. The minimum Gasteiger partial charge on any atom is -0.392 e. The van der Waals surface area contributed by atoms with E-state index in [9.17, 15) is 20.1 Å². The molecule has 138 valence electrons. The lowest BCUT2D eigenvalue weighted by Crippen LogP contribution is -2.30. The molecule has 0 saturated carbocycles. The van der Waals surface area contributed by atoms with Gasteiger partial charge < -0.3 is 25.2 Å². The van der Waals surface area contributed by atoms with Gasteiger partial charge in [-0.25, -0.2) is 15.0 Å². The number of hydrogen-bond donors (Lipinski definition) is 4. The van der Waals surface area contributed by atoms with Crippen LogP contribution in [0.5, 0.6) is 0 Å². The minimum absolute atomic E-state index is 0.243. The summed E-state index contributed by atoms with van der Waals surface area (Å²) in [6.45, 7) is -0.352. The Morgan fingerprint density at radius 1 is 1.15 bits per heavy atom. The molecule has 0 aliphatic heterocycles. The Balaban J connectivity index is 1.69. The zero-order valence-corrected chi connectivity index (χ0v) is 14.1. The first-order chi connectivity index (χ1) is 13.1. The molecule has 0 unspecified atom stereocenters. The van der Waals surface area contributed by atoms with E-state index >= 15 is 0 Å². The van der Waals surface area contributed by atoms with Gasteiger partial charge in [0, 0.05) is 5.56 Å². The Morgan fingerprint density at radius 3 is 2.63 bits per heavy atom. The van der Waals surface area contributed by atoms with Crippen LogP contribution >= 0.6 is 0 Å². The molecule has 4 N–H and O–H groups in total. The number of anilines is 1. The number of aromatic nitrogens is 4. The molecule has 9 nitrogen and oxygen atoms in total. The summed E-state index contributed by atoms with van der Waals surface area (Å²) in [7, 11) is 0. The second-order valence-corrected chi connectivity index (χ2v) is 6.19. The second-order valence-electron chi connectivity index (χ2n) is 6.19. The van der Waals surface area contributed by atoms with E-state index < -0.39 is 18.2 Å². The maximum Gasteiger partial charge on any atom is 0.256 e. The van der Waals surface area contributed by atoms with Gasteiger partial charge in [0.1, 0.15) is 18.5 Å². The number of nitrogens with one attached hydrogen (secondary N) is 1. The topological polar surface area (TPSA) is 133 Å². The fraction of sp³-hybridized carbons (Fsp3) is 0.222. The zero-order valence-electron chi connectivity index (χ0n) is 14.1. The molecule has 1 aliphatic rings. The molecule has 3 atom stereocenters. The molecule has 27 heavy (non-hydrogen) atoms. The first-order valence-corrected chi connectivity index (χ1v) is 8.31. The normalized spacial score (nSPS) is 22.0. The number of aliphatic hydroxyl groups excluding tert-OH is 3. The molecule has 0 spiro atoms. The summed E-state index contributed by atoms with van der Waals surface area (Å²) in [6.07, 6.45) is 2.03. The van der Waals surface area contributed by atoms with Crippen LogP contribution in [0.15, 0.2) is 54.6 Å². The number of imidazole rings is 1. The van der Waals surface area contributed by atoms with Crippen molar-refractivity contribution in [1.82, 2.24) is 19.5 Å². The summed E-state index contributed by atoms with van der Waals surface area (Å²) in [5, 5.41) is 32.3. The molecule has 0 bridgehead atoms. The second kappa shape index (κ2) is 6.88. The summed E-state index contributed by atoms with van der Waals surface area (Å²) in [5.74, 6) is -0.0871. The number of aliphatic hydroxyl groups is 3. The molecule has 1 amide bonds. The van der Waals surface area contributed by atoms with Crippen molar-refractivity contribution in [2.24, 2.45) is 0 Å². The lowest BCUT2D eigenvalue weighted by Gasteiger charge is -2.18. The van der Waals surface area contributed by atoms with Crippen molar-refractivity contribution in [3.8, 4) is 0 Å². The van der Waals surface area contributed by atoms with Gasteiger partial charge in [0.2, 0.25) is 0 Å². The fourth-order valence-electron chi connectivity index (χ4n) is 3.14. The molecule has 1 aromatic carbocycles. The van der Waals surface area contributed by atoms with Crippen LogP contribution in [0.3, 0.4) is 0 Å². The van der Waals surface area contributed by atoms with Gasteiger partial charge >= 0.3 is 0 Å². The van der Waals surface area contributed by atoms with E-state index in [-0.39, 0.29) is 18.3 Å². The average molecular weight is 367 g/mol. The fourth-order valence-corrected chi connectivity index (χ4v) is 3.14. The van der Waals surface area contributed by atoms with Crippen molar-refractivity contribution in [1.29, 1.82) is 0 Å². The van der Waals surface area contributed by atoms with E-state index in [4.69, 9.17) is 0 Å². The van der Waals surface area contributed by atoms with Gasteiger partial charge in [0.15, 0.2) is 17.0 Å². The van der Waals surface area contributed by atoms with E-state index in [2.05, 4.69) is 20.3 Å². The number of benzene rings is 1. The van der Waals surface area contributed by atoms with Gasteiger partial charge in [-0.05, 0) is 17.7 Å². The standard InChI is InChI=1S/C18H17N5O4/c24-7-11-6-12(15(26)14(11)25)23-9-21-13-16(19-8-20-17(13)23)22-18(27)10-4-2-1-3-5-10/h1-6,8-9,12,14-15,24-26H,7H2,(H,19,20,22,27)/t12-,14-,15+/m1/s1. The van der Waals surface area contributed by atoms with Crippen molar-refractivity contribution in [3.63, 3.8) is 0 Å². The Bertz CT molecular complexity index is 1020. The maximum atomic E-state index is 12.4. The highest BCUT2D eigenvalue weighted by Gasteiger charge is 2.36. The average Bonchev–Trinajstić information content (AvgIpc) is 3.25. The lowest BCUT2D eigenvalue weighted by atomic mass is 10.1. The predicted octanol–water partition coefficient (Wildman–Crippen LogP) is 0.274. The van der Waals surface area contributed by atoms with Gasteiger partial charge in [-0.2, -0.15) is 0 Å².